The molecule has 0 bridgehead atoms. The van der Waals surface area contributed by atoms with Crippen LogP contribution < -0.4 is 14.2 Å². The van der Waals surface area contributed by atoms with Gasteiger partial charge in [-0.25, -0.2) is 17.9 Å². The maximum absolute atomic E-state index is 11.5. The van der Waals surface area contributed by atoms with Crippen LogP contribution in [-0.4, -0.2) is 57.0 Å². The van der Waals surface area contributed by atoms with Crippen molar-refractivity contribution in [3.05, 3.63) is 53.3 Å². The SMILES string of the molecule is C=C1C=C2c3cc(OC)c(OCCNS(C)(=O)=O)cc3CC(CC)N2C=C1C(=O)O. The quantitative estimate of drug-likeness (QED) is 0.604. The molecule has 0 aliphatic carbocycles. The van der Waals surface area contributed by atoms with Crippen molar-refractivity contribution in [2.24, 2.45) is 0 Å². The van der Waals surface area contributed by atoms with Crippen LogP contribution in [0, 0.1) is 0 Å². The first-order valence-electron chi connectivity index (χ1n) is 9.57. The summed E-state index contributed by atoms with van der Waals surface area (Å²) in [6.45, 7) is 6.27. The normalized spacial score (nSPS) is 18.2. The van der Waals surface area contributed by atoms with E-state index in [1.54, 1.807) is 12.3 Å². The number of carboxylic acids is 1. The van der Waals surface area contributed by atoms with E-state index in [0.717, 1.165) is 29.5 Å². The largest absolute Gasteiger partial charge is 0.493 e. The van der Waals surface area contributed by atoms with Crippen LogP contribution >= 0.6 is 0 Å². The van der Waals surface area contributed by atoms with Crippen molar-refractivity contribution < 1.29 is 27.8 Å². The van der Waals surface area contributed by atoms with Gasteiger partial charge in [0.15, 0.2) is 11.5 Å². The lowest BCUT2D eigenvalue weighted by molar-refractivity contribution is -0.132. The van der Waals surface area contributed by atoms with Crippen molar-refractivity contribution in [1.29, 1.82) is 0 Å². The van der Waals surface area contributed by atoms with Crippen LogP contribution in [0.3, 0.4) is 0 Å². The number of hydrogen-bond acceptors (Lipinski definition) is 6. The van der Waals surface area contributed by atoms with Gasteiger partial charge in [0, 0.05) is 30.0 Å². The number of ether oxygens (including phenoxy) is 2. The fourth-order valence-corrected chi connectivity index (χ4v) is 4.14. The third-order valence-corrected chi connectivity index (χ3v) is 5.87. The molecule has 0 spiro atoms. The van der Waals surface area contributed by atoms with Gasteiger partial charge in [-0.15, -0.1) is 0 Å². The number of rotatable bonds is 8. The van der Waals surface area contributed by atoms with Gasteiger partial charge in [0.05, 0.1) is 18.9 Å². The number of carbonyl (C=O) groups is 1. The number of nitrogens with zero attached hydrogens (tertiary/aromatic N) is 1. The van der Waals surface area contributed by atoms with E-state index in [-0.39, 0.29) is 24.8 Å². The first-order valence-corrected chi connectivity index (χ1v) is 11.5. The average molecular weight is 435 g/mol. The summed E-state index contributed by atoms with van der Waals surface area (Å²) in [4.78, 5) is 13.5. The first-order chi connectivity index (χ1) is 14.1. The molecule has 2 aliphatic heterocycles. The second-order valence-electron chi connectivity index (χ2n) is 7.25. The van der Waals surface area contributed by atoms with Crippen molar-refractivity contribution in [3.63, 3.8) is 0 Å². The molecule has 0 radical (unpaired) electrons. The van der Waals surface area contributed by atoms with E-state index in [1.807, 2.05) is 17.0 Å². The van der Waals surface area contributed by atoms with Crippen LogP contribution in [0.4, 0.5) is 0 Å². The predicted molar refractivity (Wildman–Crippen MR) is 114 cm³/mol. The molecule has 0 amide bonds. The van der Waals surface area contributed by atoms with Crippen LogP contribution in [0.1, 0.15) is 24.5 Å². The van der Waals surface area contributed by atoms with Gasteiger partial charge < -0.3 is 19.5 Å². The fraction of sp³-hybridized carbons (Fsp3) is 0.381. The van der Waals surface area contributed by atoms with Crippen LogP contribution in [0.5, 0.6) is 11.5 Å². The summed E-state index contributed by atoms with van der Waals surface area (Å²) < 4.78 is 36.1. The number of carboxylic acid groups (broad SMARTS) is 1. The van der Waals surface area contributed by atoms with Crippen LogP contribution in [0.2, 0.25) is 0 Å². The summed E-state index contributed by atoms with van der Waals surface area (Å²) in [5.74, 6) is 0.0503. The van der Waals surface area contributed by atoms with E-state index >= 15 is 0 Å². The molecule has 2 heterocycles. The molecule has 8 nitrogen and oxygen atoms in total. The lowest BCUT2D eigenvalue weighted by Crippen LogP contribution is -2.37. The van der Waals surface area contributed by atoms with Gasteiger partial charge in [-0.05, 0) is 42.2 Å². The third-order valence-electron chi connectivity index (χ3n) is 5.14. The molecule has 1 unspecified atom stereocenters. The van der Waals surface area contributed by atoms with E-state index in [4.69, 9.17) is 9.47 Å². The minimum Gasteiger partial charge on any atom is -0.493 e. The zero-order chi connectivity index (χ0) is 22.1. The number of aliphatic carboxylic acids is 1. The molecule has 0 saturated carbocycles. The fourth-order valence-electron chi connectivity index (χ4n) is 3.68. The van der Waals surface area contributed by atoms with Crippen molar-refractivity contribution in [1.82, 2.24) is 9.62 Å². The number of sulfonamides is 1. The van der Waals surface area contributed by atoms with Gasteiger partial charge in [0.25, 0.3) is 0 Å². The molecule has 2 aliphatic rings. The van der Waals surface area contributed by atoms with Crippen molar-refractivity contribution in [2.75, 3.05) is 26.5 Å². The maximum atomic E-state index is 11.5. The van der Waals surface area contributed by atoms with Gasteiger partial charge in [-0.3, -0.25) is 0 Å². The molecule has 1 aromatic rings. The van der Waals surface area contributed by atoms with E-state index < -0.39 is 16.0 Å². The van der Waals surface area contributed by atoms with Crippen LogP contribution in [-0.2, 0) is 21.2 Å². The second kappa shape index (κ2) is 8.53. The maximum Gasteiger partial charge on any atom is 0.337 e. The van der Waals surface area contributed by atoms with Gasteiger partial charge in [0.2, 0.25) is 10.0 Å². The highest BCUT2D eigenvalue weighted by Crippen LogP contribution is 2.43. The lowest BCUT2D eigenvalue weighted by Gasteiger charge is -2.40. The Labute approximate surface area is 176 Å². The Morgan fingerprint density at radius 1 is 1.37 bits per heavy atom. The zero-order valence-corrected chi connectivity index (χ0v) is 18.1. The Kier molecular flexibility index (Phi) is 6.23. The van der Waals surface area contributed by atoms with E-state index in [2.05, 4.69) is 18.2 Å². The highest BCUT2D eigenvalue weighted by molar-refractivity contribution is 7.88. The van der Waals surface area contributed by atoms with Crippen molar-refractivity contribution >= 4 is 21.7 Å². The van der Waals surface area contributed by atoms with E-state index in [1.165, 1.54) is 7.11 Å². The minimum absolute atomic E-state index is 0.0966. The molecular formula is C21H26N2O6S. The molecule has 162 valence electrons. The standard InChI is InChI=1S/C21H26N2O6S/c1-5-15-9-14-10-20(29-7-6-22-30(4,26)27)19(28-3)11-16(14)18-8-13(2)17(21(24)25)12-23(15)18/h8,10-12,15,22H,2,5-7,9H2,1,3-4H3,(H,24,25). The Balaban J connectivity index is 1.94. The van der Waals surface area contributed by atoms with Gasteiger partial charge in [-0.1, -0.05) is 13.5 Å². The predicted octanol–water partition coefficient (Wildman–Crippen LogP) is 2.14. The number of nitrogens with one attached hydrogen (secondary N) is 1. The monoisotopic (exact) mass is 434 g/mol. The molecule has 0 aromatic heterocycles. The van der Waals surface area contributed by atoms with Crippen molar-refractivity contribution in [3.8, 4) is 11.5 Å². The number of hydrogen-bond donors (Lipinski definition) is 2. The minimum atomic E-state index is -3.28. The number of fused-ring (bicyclic) bond motifs is 3. The summed E-state index contributed by atoms with van der Waals surface area (Å²) in [7, 11) is -1.74. The Morgan fingerprint density at radius 3 is 2.70 bits per heavy atom. The number of allylic oxidation sites excluding steroid dienone is 1. The Hall–Kier alpha value is -2.78. The van der Waals surface area contributed by atoms with Gasteiger partial charge in [0.1, 0.15) is 6.61 Å². The molecule has 30 heavy (non-hydrogen) atoms. The van der Waals surface area contributed by atoms with E-state index in [0.29, 0.717) is 23.5 Å². The highest BCUT2D eigenvalue weighted by Gasteiger charge is 2.32. The number of benzene rings is 1. The smallest absolute Gasteiger partial charge is 0.337 e. The molecule has 0 fully saturated rings. The zero-order valence-electron chi connectivity index (χ0n) is 17.3. The Morgan fingerprint density at radius 2 is 2.10 bits per heavy atom. The third kappa shape index (κ3) is 4.52. The van der Waals surface area contributed by atoms with Crippen LogP contribution in [0.25, 0.3) is 5.70 Å². The molecule has 0 saturated heterocycles. The number of methoxy groups -OCH3 is 1. The molecule has 3 rings (SSSR count). The summed E-state index contributed by atoms with van der Waals surface area (Å²) in [5.41, 5.74) is 3.49. The molecule has 1 atom stereocenters. The Bertz CT molecular complexity index is 1040. The topological polar surface area (TPSA) is 105 Å². The summed E-state index contributed by atoms with van der Waals surface area (Å²) in [5, 5.41) is 9.46. The summed E-state index contributed by atoms with van der Waals surface area (Å²) in [6.07, 6.45) is 6.08. The first kappa shape index (κ1) is 21.9. The van der Waals surface area contributed by atoms with Crippen LogP contribution in [0.15, 0.2) is 42.1 Å². The molecular weight excluding hydrogens is 408 g/mol. The highest BCUT2D eigenvalue weighted by atomic mass is 32.2. The molecule has 9 heteroatoms. The van der Waals surface area contributed by atoms with Crippen molar-refractivity contribution in [2.45, 2.75) is 25.8 Å². The van der Waals surface area contributed by atoms with Gasteiger partial charge in [-0.2, -0.15) is 0 Å². The average Bonchev–Trinajstić information content (AvgIpc) is 2.68. The summed E-state index contributed by atoms with van der Waals surface area (Å²) >= 11 is 0. The second-order valence-corrected chi connectivity index (χ2v) is 9.08. The molecule has 1 aromatic carbocycles. The lowest BCUT2D eigenvalue weighted by atomic mass is 9.86. The van der Waals surface area contributed by atoms with Gasteiger partial charge >= 0.3 is 5.97 Å². The molecule has 2 N–H and O–H groups in total. The van der Waals surface area contributed by atoms with E-state index in [9.17, 15) is 18.3 Å². The summed E-state index contributed by atoms with van der Waals surface area (Å²) in [6, 6.07) is 3.88.